The van der Waals surface area contributed by atoms with E-state index in [0.717, 1.165) is 0 Å². The molecular weight excluding hydrogens is 224 g/mol. The van der Waals surface area contributed by atoms with Crippen LogP contribution >= 0.6 is 11.3 Å². The number of hydrogen-bond acceptors (Lipinski definition) is 4. The van der Waals surface area contributed by atoms with Crippen LogP contribution in [0.3, 0.4) is 0 Å². The van der Waals surface area contributed by atoms with Gasteiger partial charge in [-0.2, -0.15) is 0 Å². The molecule has 4 nitrogen and oxygen atoms in total. The minimum atomic E-state index is -2.23. The topological polar surface area (TPSA) is 63.6 Å². The second-order valence-corrected chi connectivity index (χ2v) is 4.43. The lowest BCUT2D eigenvalue weighted by molar-refractivity contribution is -0.142. The van der Waals surface area contributed by atoms with Gasteiger partial charge in [0.25, 0.3) is 0 Å². The van der Waals surface area contributed by atoms with Crippen molar-refractivity contribution in [3.05, 3.63) is 22.4 Å². The summed E-state index contributed by atoms with van der Waals surface area (Å²) < 4.78 is 24.6. The van der Waals surface area contributed by atoms with Crippen LogP contribution in [0.25, 0.3) is 0 Å². The van der Waals surface area contributed by atoms with Crippen molar-refractivity contribution < 1.29 is 18.3 Å². The minimum absolute atomic E-state index is 0.206. The Bertz CT molecular complexity index is 320. The van der Waals surface area contributed by atoms with E-state index < -0.39 is 22.3 Å². The molecule has 1 rings (SSSR count). The maximum Gasteiger partial charge on any atom is 0.329 e. The van der Waals surface area contributed by atoms with Crippen LogP contribution < -0.4 is 0 Å². The lowest BCUT2D eigenvalue weighted by atomic mass is 10.3. The van der Waals surface area contributed by atoms with E-state index in [-0.39, 0.29) is 6.61 Å². The van der Waals surface area contributed by atoms with Crippen LogP contribution in [0.2, 0.25) is 0 Å². The SMILES string of the molecule is CCOC(=O)C(c1cccs1)S(=O)O. The number of esters is 1. The number of carbonyl (C=O) groups is 1. The molecule has 0 aliphatic heterocycles. The highest BCUT2D eigenvalue weighted by Crippen LogP contribution is 2.24. The van der Waals surface area contributed by atoms with Crippen LogP contribution in [0, 0.1) is 0 Å². The maximum absolute atomic E-state index is 11.3. The van der Waals surface area contributed by atoms with Crippen molar-refractivity contribution in [1.82, 2.24) is 0 Å². The molecule has 0 radical (unpaired) electrons. The van der Waals surface area contributed by atoms with Crippen LogP contribution in [0.15, 0.2) is 17.5 Å². The van der Waals surface area contributed by atoms with Crippen molar-refractivity contribution >= 4 is 28.4 Å². The van der Waals surface area contributed by atoms with Gasteiger partial charge in [-0.05, 0) is 18.4 Å². The zero-order valence-corrected chi connectivity index (χ0v) is 9.14. The van der Waals surface area contributed by atoms with E-state index >= 15 is 0 Å². The third-order valence-electron chi connectivity index (χ3n) is 1.50. The Balaban J connectivity index is 2.85. The average molecular weight is 234 g/mol. The fraction of sp³-hybridized carbons (Fsp3) is 0.375. The Morgan fingerprint density at radius 1 is 1.79 bits per heavy atom. The number of carbonyl (C=O) groups excluding carboxylic acids is 1. The van der Waals surface area contributed by atoms with Crippen molar-refractivity contribution in [3.63, 3.8) is 0 Å². The van der Waals surface area contributed by atoms with Gasteiger partial charge in [0.15, 0.2) is 16.3 Å². The molecule has 0 saturated carbocycles. The van der Waals surface area contributed by atoms with Gasteiger partial charge in [0.2, 0.25) is 0 Å². The van der Waals surface area contributed by atoms with E-state index in [2.05, 4.69) is 0 Å². The van der Waals surface area contributed by atoms with Gasteiger partial charge in [-0.3, -0.25) is 4.79 Å². The van der Waals surface area contributed by atoms with Gasteiger partial charge < -0.3 is 9.29 Å². The largest absolute Gasteiger partial charge is 0.465 e. The Labute approximate surface area is 88.2 Å². The summed E-state index contributed by atoms with van der Waals surface area (Å²) in [4.78, 5) is 11.9. The third kappa shape index (κ3) is 2.63. The summed E-state index contributed by atoms with van der Waals surface area (Å²) in [5, 5.41) is 0.670. The Morgan fingerprint density at radius 3 is 2.93 bits per heavy atom. The van der Waals surface area contributed by atoms with Crippen molar-refractivity contribution in [1.29, 1.82) is 0 Å². The molecule has 2 atom stereocenters. The summed E-state index contributed by atoms with van der Waals surface area (Å²) in [5.41, 5.74) is 0. The van der Waals surface area contributed by atoms with Gasteiger partial charge in [-0.25, -0.2) is 4.21 Å². The van der Waals surface area contributed by atoms with Crippen molar-refractivity contribution in [2.24, 2.45) is 0 Å². The molecule has 0 aliphatic rings. The molecule has 78 valence electrons. The van der Waals surface area contributed by atoms with E-state index in [9.17, 15) is 9.00 Å². The average Bonchev–Trinajstić information content (AvgIpc) is 2.57. The zero-order chi connectivity index (χ0) is 10.6. The molecule has 6 heteroatoms. The number of thiophene rings is 1. The first-order valence-electron chi connectivity index (χ1n) is 3.96. The van der Waals surface area contributed by atoms with Crippen LogP contribution in [0.5, 0.6) is 0 Å². The minimum Gasteiger partial charge on any atom is -0.465 e. The van der Waals surface area contributed by atoms with Gasteiger partial charge in [-0.15, -0.1) is 11.3 Å². The second-order valence-electron chi connectivity index (χ2n) is 2.42. The fourth-order valence-corrected chi connectivity index (χ4v) is 2.57. The predicted molar refractivity (Wildman–Crippen MR) is 54.5 cm³/mol. The van der Waals surface area contributed by atoms with Gasteiger partial charge in [-0.1, -0.05) is 6.07 Å². The highest BCUT2D eigenvalue weighted by molar-refractivity contribution is 7.80. The van der Waals surface area contributed by atoms with Gasteiger partial charge >= 0.3 is 5.97 Å². The first-order chi connectivity index (χ1) is 6.66. The third-order valence-corrected chi connectivity index (χ3v) is 3.44. The molecular formula is C8H10O4S2. The fourth-order valence-electron chi connectivity index (χ4n) is 0.956. The molecule has 1 aromatic heterocycles. The lowest BCUT2D eigenvalue weighted by Crippen LogP contribution is -2.19. The van der Waals surface area contributed by atoms with Gasteiger partial charge in [0.1, 0.15) is 0 Å². The molecule has 0 saturated heterocycles. The van der Waals surface area contributed by atoms with E-state index in [4.69, 9.17) is 9.29 Å². The Morgan fingerprint density at radius 2 is 2.50 bits per heavy atom. The van der Waals surface area contributed by atoms with E-state index in [1.807, 2.05) is 0 Å². The van der Waals surface area contributed by atoms with Crippen LogP contribution in [-0.4, -0.2) is 21.3 Å². The van der Waals surface area contributed by atoms with Crippen LogP contribution in [0.4, 0.5) is 0 Å². The number of rotatable bonds is 4. The van der Waals surface area contributed by atoms with Gasteiger partial charge in [0.05, 0.1) is 6.61 Å². The van der Waals surface area contributed by atoms with Crippen molar-refractivity contribution in [2.75, 3.05) is 6.61 Å². The molecule has 0 bridgehead atoms. The normalized spacial score (nSPS) is 14.7. The lowest BCUT2D eigenvalue weighted by Gasteiger charge is -2.09. The quantitative estimate of drug-likeness (QED) is 0.634. The molecule has 14 heavy (non-hydrogen) atoms. The second kappa shape index (κ2) is 5.23. The van der Waals surface area contributed by atoms with Crippen LogP contribution in [-0.2, 0) is 20.6 Å². The predicted octanol–water partition coefficient (Wildman–Crippen LogP) is 1.57. The molecule has 2 unspecified atom stereocenters. The van der Waals surface area contributed by atoms with Crippen molar-refractivity contribution in [2.45, 2.75) is 12.2 Å². The molecule has 0 fully saturated rings. The molecule has 0 spiro atoms. The maximum atomic E-state index is 11.3. The summed E-state index contributed by atoms with van der Waals surface area (Å²) in [5.74, 6) is -0.657. The van der Waals surface area contributed by atoms with E-state index in [1.165, 1.54) is 11.3 Å². The standard InChI is InChI=1S/C8H10O4S2/c1-2-12-8(9)7(14(10)11)6-4-3-5-13-6/h3-5,7H,2H2,1H3,(H,10,11). The smallest absolute Gasteiger partial charge is 0.329 e. The number of hydrogen-bond donors (Lipinski definition) is 1. The number of ether oxygens (including phenoxy) is 1. The summed E-state index contributed by atoms with van der Waals surface area (Å²) in [6.07, 6.45) is 0. The van der Waals surface area contributed by atoms with Crippen molar-refractivity contribution in [3.8, 4) is 0 Å². The first-order valence-corrected chi connectivity index (χ1v) is 6.01. The first kappa shape index (κ1) is 11.4. The molecule has 0 aliphatic carbocycles. The van der Waals surface area contributed by atoms with E-state index in [0.29, 0.717) is 4.88 Å². The Kier molecular flexibility index (Phi) is 4.24. The monoisotopic (exact) mass is 234 g/mol. The van der Waals surface area contributed by atoms with E-state index in [1.54, 1.807) is 24.4 Å². The molecule has 1 N–H and O–H groups in total. The molecule has 0 amide bonds. The summed E-state index contributed by atoms with van der Waals surface area (Å²) in [6, 6.07) is 3.36. The summed E-state index contributed by atoms with van der Waals surface area (Å²) in [6.45, 7) is 1.86. The van der Waals surface area contributed by atoms with Crippen LogP contribution in [0.1, 0.15) is 17.1 Å². The van der Waals surface area contributed by atoms with Gasteiger partial charge in [0, 0.05) is 4.88 Å². The highest BCUT2D eigenvalue weighted by atomic mass is 32.2. The Hall–Kier alpha value is -0.720. The molecule has 0 aromatic carbocycles. The molecule has 1 heterocycles. The zero-order valence-electron chi connectivity index (χ0n) is 7.50. The summed E-state index contributed by atoms with van der Waals surface area (Å²) in [7, 11) is 0. The highest BCUT2D eigenvalue weighted by Gasteiger charge is 2.28. The molecule has 1 aromatic rings. The summed E-state index contributed by atoms with van der Waals surface area (Å²) >= 11 is -0.969.